The van der Waals surface area contributed by atoms with E-state index in [2.05, 4.69) is 26.1 Å². The summed E-state index contributed by atoms with van der Waals surface area (Å²) in [6, 6.07) is 16.9. The summed E-state index contributed by atoms with van der Waals surface area (Å²) in [5, 5.41) is 3.49. The van der Waals surface area contributed by atoms with Crippen LogP contribution in [0, 0.1) is 11.3 Å². The SMILES string of the molecule is CC(C)(C)[C@H]1CCc2c(sc(NC(=O)c3cccc(OCc4ccccc4)c3)c2C(N)=O)C1. The number of anilines is 1. The Balaban J connectivity index is 1.52. The van der Waals surface area contributed by atoms with Gasteiger partial charge < -0.3 is 15.8 Å². The van der Waals surface area contributed by atoms with Gasteiger partial charge in [0.25, 0.3) is 11.8 Å². The molecule has 33 heavy (non-hydrogen) atoms. The summed E-state index contributed by atoms with van der Waals surface area (Å²) in [5.41, 5.74) is 8.91. The summed E-state index contributed by atoms with van der Waals surface area (Å²) in [6.07, 6.45) is 2.73. The highest BCUT2D eigenvalue weighted by molar-refractivity contribution is 7.17. The van der Waals surface area contributed by atoms with Crippen molar-refractivity contribution in [3.05, 3.63) is 81.7 Å². The second-order valence-corrected chi connectivity index (χ2v) is 10.7. The molecule has 0 saturated carbocycles. The lowest BCUT2D eigenvalue weighted by atomic mass is 9.72. The minimum atomic E-state index is -0.489. The Kier molecular flexibility index (Phi) is 6.56. The zero-order chi connectivity index (χ0) is 23.6. The van der Waals surface area contributed by atoms with Gasteiger partial charge in [0.15, 0.2) is 0 Å². The van der Waals surface area contributed by atoms with Crippen LogP contribution in [0.15, 0.2) is 54.6 Å². The number of carbonyl (C=O) groups is 2. The van der Waals surface area contributed by atoms with Gasteiger partial charge in [-0.15, -0.1) is 11.3 Å². The van der Waals surface area contributed by atoms with Crippen molar-refractivity contribution in [3.63, 3.8) is 0 Å². The summed E-state index contributed by atoms with van der Waals surface area (Å²) in [4.78, 5) is 26.5. The van der Waals surface area contributed by atoms with Gasteiger partial charge in [-0.05, 0) is 59.9 Å². The maximum Gasteiger partial charge on any atom is 0.256 e. The van der Waals surface area contributed by atoms with E-state index in [0.29, 0.717) is 34.4 Å². The molecule has 0 radical (unpaired) electrons. The Labute approximate surface area is 199 Å². The monoisotopic (exact) mass is 462 g/mol. The molecule has 3 aromatic rings. The Morgan fingerprint density at radius 2 is 1.88 bits per heavy atom. The molecule has 2 amide bonds. The fourth-order valence-corrected chi connectivity index (χ4v) is 5.64. The van der Waals surface area contributed by atoms with E-state index in [1.807, 2.05) is 36.4 Å². The molecule has 1 aliphatic carbocycles. The smallest absolute Gasteiger partial charge is 0.256 e. The van der Waals surface area contributed by atoms with E-state index < -0.39 is 5.91 Å². The van der Waals surface area contributed by atoms with Gasteiger partial charge >= 0.3 is 0 Å². The van der Waals surface area contributed by atoms with E-state index in [9.17, 15) is 9.59 Å². The molecule has 5 nitrogen and oxygen atoms in total. The number of hydrogen-bond donors (Lipinski definition) is 2. The Bertz CT molecular complexity index is 1160. The molecule has 0 unspecified atom stereocenters. The molecule has 0 saturated heterocycles. The molecule has 0 spiro atoms. The molecular formula is C27H30N2O3S. The molecule has 0 bridgehead atoms. The molecule has 1 aliphatic rings. The van der Waals surface area contributed by atoms with Crippen LogP contribution < -0.4 is 15.8 Å². The van der Waals surface area contributed by atoms with E-state index in [-0.39, 0.29) is 11.3 Å². The van der Waals surface area contributed by atoms with E-state index in [1.165, 1.54) is 11.3 Å². The van der Waals surface area contributed by atoms with Gasteiger partial charge in [0.2, 0.25) is 0 Å². The van der Waals surface area contributed by atoms with Crippen molar-refractivity contribution in [2.24, 2.45) is 17.1 Å². The number of benzene rings is 2. The summed E-state index contributed by atoms with van der Waals surface area (Å²) in [5.74, 6) is 0.372. The number of hydrogen-bond acceptors (Lipinski definition) is 4. The lowest BCUT2D eigenvalue weighted by molar-refractivity contribution is 0.1000. The highest BCUT2D eigenvalue weighted by atomic mass is 32.1. The normalized spacial score (nSPS) is 15.5. The second-order valence-electron chi connectivity index (χ2n) is 9.63. The quantitative estimate of drug-likeness (QED) is 0.484. The van der Waals surface area contributed by atoms with E-state index in [0.717, 1.165) is 35.3 Å². The zero-order valence-corrected chi connectivity index (χ0v) is 20.1. The maximum absolute atomic E-state index is 13.0. The largest absolute Gasteiger partial charge is 0.489 e. The number of nitrogens with one attached hydrogen (secondary N) is 1. The van der Waals surface area contributed by atoms with Crippen molar-refractivity contribution >= 4 is 28.2 Å². The average molecular weight is 463 g/mol. The van der Waals surface area contributed by atoms with Crippen LogP contribution in [0.2, 0.25) is 0 Å². The summed E-state index contributed by atoms with van der Waals surface area (Å²) in [7, 11) is 0. The third kappa shape index (κ3) is 5.28. The zero-order valence-electron chi connectivity index (χ0n) is 19.3. The first-order valence-electron chi connectivity index (χ1n) is 11.2. The minimum Gasteiger partial charge on any atom is -0.489 e. The highest BCUT2D eigenvalue weighted by Gasteiger charge is 2.33. The summed E-state index contributed by atoms with van der Waals surface area (Å²) in [6.45, 7) is 7.17. The molecule has 1 heterocycles. The molecule has 3 N–H and O–H groups in total. The van der Waals surface area contributed by atoms with Crippen molar-refractivity contribution in [1.82, 2.24) is 0 Å². The molecule has 1 aromatic heterocycles. The Hall–Kier alpha value is -3.12. The molecule has 6 heteroatoms. The van der Waals surface area contributed by atoms with Crippen molar-refractivity contribution in [1.29, 1.82) is 0 Å². The van der Waals surface area contributed by atoms with Gasteiger partial charge in [0.1, 0.15) is 17.4 Å². The van der Waals surface area contributed by atoms with E-state index in [1.54, 1.807) is 18.2 Å². The van der Waals surface area contributed by atoms with Gasteiger partial charge in [0, 0.05) is 10.4 Å². The first-order valence-corrected chi connectivity index (χ1v) is 12.1. The number of amides is 2. The average Bonchev–Trinajstić information content (AvgIpc) is 3.15. The van der Waals surface area contributed by atoms with Gasteiger partial charge in [-0.2, -0.15) is 0 Å². The lowest BCUT2D eigenvalue weighted by Gasteiger charge is -2.33. The Morgan fingerprint density at radius 1 is 1.12 bits per heavy atom. The third-order valence-electron chi connectivity index (χ3n) is 6.31. The number of carbonyl (C=O) groups excluding carboxylic acids is 2. The predicted molar refractivity (Wildman–Crippen MR) is 133 cm³/mol. The fraction of sp³-hybridized carbons (Fsp3) is 0.333. The van der Waals surface area contributed by atoms with Crippen LogP contribution in [0.25, 0.3) is 0 Å². The number of nitrogens with two attached hydrogens (primary N) is 1. The van der Waals surface area contributed by atoms with Crippen LogP contribution >= 0.6 is 11.3 Å². The van der Waals surface area contributed by atoms with Crippen LogP contribution in [-0.4, -0.2) is 11.8 Å². The number of thiophene rings is 1. The van der Waals surface area contributed by atoms with Crippen LogP contribution in [0.5, 0.6) is 5.75 Å². The molecule has 2 aromatic carbocycles. The van der Waals surface area contributed by atoms with Gasteiger partial charge in [-0.1, -0.05) is 57.2 Å². The molecule has 4 rings (SSSR count). The topological polar surface area (TPSA) is 81.4 Å². The first-order chi connectivity index (χ1) is 15.7. The van der Waals surface area contributed by atoms with Crippen molar-refractivity contribution in [3.8, 4) is 5.75 Å². The fourth-order valence-electron chi connectivity index (χ4n) is 4.32. The van der Waals surface area contributed by atoms with Crippen molar-refractivity contribution in [2.75, 3.05) is 5.32 Å². The number of fused-ring (bicyclic) bond motifs is 1. The van der Waals surface area contributed by atoms with Crippen LogP contribution in [-0.2, 0) is 19.4 Å². The molecule has 172 valence electrons. The Morgan fingerprint density at radius 3 is 2.58 bits per heavy atom. The van der Waals surface area contributed by atoms with Crippen LogP contribution in [0.4, 0.5) is 5.00 Å². The van der Waals surface area contributed by atoms with Gasteiger partial charge in [0.05, 0.1) is 5.56 Å². The standard InChI is InChI=1S/C27H30N2O3S/c1-27(2,3)19-12-13-21-22(15-19)33-26(23(21)24(28)30)29-25(31)18-10-7-11-20(14-18)32-16-17-8-5-4-6-9-17/h4-11,14,19H,12-13,15-16H2,1-3H3,(H2,28,30)(H,29,31)/t19-/m0/s1. The first kappa shape index (κ1) is 23.1. The third-order valence-corrected chi connectivity index (χ3v) is 7.48. The molecule has 0 fully saturated rings. The second kappa shape index (κ2) is 9.40. The number of primary amides is 1. The van der Waals surface area contributed by atoms with Gasteiger partial charge in [-0.3, -0.25) is 9.59 Å². The molecule has 0 aliphatic heterocycles. The maximum atomic E-state index is 13.0. The van der Waals surface area contributed by atoms with Crippen LogP contribution in [0.1, 0.15) is 63.9 Å². The number of ether oxygens (including phenoxy) is 1. The number of rotatable bonds is 6. The highest BCUT2D eigenvalue weighted by Crippen LogP contribution is 2.44. The van der Waals surface area contributed by atoms with Crippen LogP contribution in [0.3, 0.4) is 0 Å². The van der Waals surface area contributed by atoms with E-state index in [4.69, 9.17) is 10.5 Å². The molecule has 1 atom stereocenters. The summed E-state index contributed by atoms with van der Waals surface area (Å²) < 4.78 is 5.85. The van der Waals surface area contributed by atoms with Crippen molar-refractivity contribution < 1.29 is 14.3 Å². The lowest BCUT2D eigenvalue weighted by Crippen LogP contribution is -2.27. The summed E-state index contributed by atoms with van der Waals surface area (Å²) >= 11 is 1.48. The minimum absolute atomic E-state index is 0.193. The van der Waals surface area contributed by atoms with E-state index >= 15 is 0 Å². The predicted octanol–water partition coefficient (Wildman–Crippen LogP) is 5.83. The van der Waals surface area contributed by atoms with Gasteiger partial charge in [-0.25, -0.2) is 0 Å². The molecular weight excluding hydrogens is 432 g/mol. The van der Waals surface area contributed by atoms with Crippen molar-refractivity contribution in [2.45, 2.75) is 46.6 Å².